The predicted molar refractivity (Wildman–Crippen MR) is 99.3 cm³/mol. The number of methoxy groups -OCH3 is 1. The zero-order valence-electron chi connectivity index (χ0n) is 14.1. The highest BCUT2D eigenvalue weighted by molar-refractivity contribution is 5.85. The Labute approximate surface area is 154 Å². The van der Waals surface area contributed by atoms with Gasteiger partial charge in [-0.25, -0.2) is 0 Å². The number of benzene rings is 2. The maximum absolute atomic E-state index is 12.6. The van der Waals surface area contributed by atoms with Crippen LogP contribution in [-0.4, -0.2) is 38.8 Å². The zero-order chi connectivity index (χ0) is 16.8. The van der Waals surface area contributed by atoms with Crippen molar-refractivity contribution < 1.29 is 14.3 Å². The Balaban J connectivity index is 0.00000225. The molecule has 5 nitrogen and oxygen atoms in total. The molecule has 1 fully saturated rings. The molecule has 0 radical (unpaired) electrons. The van der Waals surface area contributed by atoms with E-state index in [-0.39, 0.29) is 24.4 Å². The third kappa shape index (κ3) is 4.72. The van der Waals surface area contributed by atoms with Crippen LogP contribution >= 0.6 is 12.4 Å². The van der Waals surface area contributed by atoms with E-state index in [9.17, 15) is 4.79 Å². The minimum atomic E-state index is -0.473. The Bertz CT molecular complexity index is 675. The molecule has 2 aromatic carbocycles. The van der Waals surface area contributed by atoms with Gasteiger partial charge in [-0.05, 0) is 11.6 Å². The van der Waals surface area contributed by atoms with Crippen LogP contribution in [0.25, 0.3) is 0 Å². The lowest BCUT2D eigenvalue weighted by Gasteiger charge is -2.27. The summed E-state index contributed by atoms with van der Waals surface area (Å²) in [7, 11) is 1.64. The minimum absolute atomic E-state index is 0. The van der Waals surface area contributed by atoms with E-state index in [1.54, 1.807) is 7.11 Å². The molecule has 2 aromatic rings. The van der Waals surface area contributed by atoms with E-state index in [1.807, 2.05) is 54.6 Å². The molecule has 2 N–H and O–H groups in total. The van der Waals surface area contributed by atoms with Gasteiger partial charge in [0.1, 0.15) is 11.9 Å². The number of halogens is 1. The van der Waals surface area contributed by atoms with Crippen LogP contribution in [0.4, 0.5) is 0 Å². The van der Waals surface area contributed by atoms with Crippen LogP contribution < -0.4 is 15.4 Å². The van der Waals surface area contributed by atoms with Crippen LogP contribution in [0.3, 0.4) is 0 Å². The van der Waals surface area contributed by atoms with E-state index in [2.05, 4.69) is 10.6 Å². The van der Waals surface area contributed by atoms with Crippen molar-refractivity contribution in [2.75, 3.05) is 26.8 Å². The Hall–Kier alpha value is -2.08. The van der Waals surface area contributed by atoms with Gasteiger partial charge in [0.05, 0.1) is 19.8 Å². The van der Waals surface area contributed by atoms with Gasteiger partial charge in [0.2, 0.25) is 0 Å². The van der Waals surface area contributed by atoms with E-state index in [1.165, 1.54) is 0 Å². The van der Waals surface area contributed by atoms with Crippen molar-refractivity contribution in [3.8, 4) is 5.75 Å². The number of carbonyl (C=O) groups is 1. The first-order chi connectivity index (χ1) is 11.8. The number of amides is 1. The fraction of sp³-hybridized carbons (Fsp3) is 0.316. The molecule has 0 aliphatic carbocycles. The maximum Gasteiger partial charge on any atom is 0.251 e. The van der Waals surface area contributed by atoms with Crippen LogP contribution in [-0.2, 0) is 9.53 Å². The average molecular weight is 363 g/mol. The van der Waals surface area contributed by atoms with Gasteiger partial charge in [-0.3, -0.25) is 4.79 Å². The molecule has 2 atom stereocenters. The Morgan fingerprint density at radius 1 is 1.20 bits per heavy atom. The first kappa shape index (κ1) is 19.2. The lowest BCUT2D eigenvalue weighted by molar-refractivity contribution is -0.134. The molecule has 0 bridgehead atoms. The average Bonchev–Trinajstić information content (AvgIpc) is 2.67. The van der Waals surface area contributed by atoms with Gasteiger partial charge in [0.25, 0.3) is 5.91 Å². The van der Waals surface area contributed by atoms with Crippen molar-refractivity contribution >= 4 is 18.3 Å². The van der Waals surface area contributed by atoms with Gasteiger partial charge in [-0.2, -0.15) is 0 Å². The summed E-state index contributed by atoms with van der Waals surface area (Å²) in [5, 5.41) is 6.29. The number of ether oxygens (including phenoxy) is 2. The van der Waals surface area contributed by atoms with E-state index in [0.717, 1.165) is 23.4 Å². The second-order valence-corrected chi connectivity index (χ2v) is 5.66. The zero-order valence-corrected chi connectivity index (χ0v) is 14.9. The lowest BCUT2D eigenvalue weighted by atomic mass is 9.97. The summed E-state index contributed by atoms with van der Waals surface area (Å²) in [5.74, 6) is 0.622. The first-order valence-electron chi connectivity index (χ1n) is 8.10. The number of carbonyl (C=O) groups excluding carboxylic acids is 1. The number of nitrogens with one attached hydrogen (secondary N) is 2. The van der Waals surface area contributed by atoms with Crippen LogP contribution in [0.2, 0.25) is 0 Å². The summed E-state index contributed by atoms with van der Waals surface area (Å²) in [4.78, 5) is 12.6. The molecule has 0 spiro atoms. The third-order valence-electron chi connectivity index (χ3n) is 4.09. The lowest BCUT2D eigenvalue weighted by Crippen LogP contribution is -2.48. The van der Waals surface area contributed by atoms with Crippen LogP contribution in [0.5, 0.6) is 5.75 Å². The van der Waals surface area contributed by atoms with Gasteiger partial charge in [-0.15, -0.1) is 12.4 Å². The Morgan fingerprint density at radius 2 is 1.92 bits per heavy atom. The summed E-state index contributed by atoms with van der Waals surface area (Å²) in [6, 6.07) is 17.3. The maximum atomic E-state index is 12.6. The van der Waals surface area contributed by atoms with E-state index >= 15 is 0 Å². The third-order valence-corrected chi connectivity index (χ3v) is 4.09. The Kier molecular flexibility index (Phi) is 7.25. The van der Waals surface area contributed by atoms with Crippen molar-refractivity contribution in [2.24, 2.45) is 0 Å². The van der Waals surface area contributed by atoms with Gasteiger partial charge in [0, 0.05) is 18.7 Å². The quantitative estimate of drug-likeness (QED) is 0.857. The monoisotopic (exact) mass is 362 g/mol. The number of rotatable bonds is 5. The van der Waals surface area contributed by atoms with Crippen molar-refractivity contribution in [1.82, 2.24) is 10.6 Å². The molecular weight excluding hydrogens is 340 g/mol. The minimum Gasteiger partial charge on any atom is -0.496 e. The van der Waals surface area contributed by atoms with Crippen molar-refractivity contribution in [3.05, 3.63) is 65.7 Å². The molecule has 25 heavy (non-hydrogen) atoms. The molecule has 1 saturated heterocycles. The van der Waals surface area contributed by atoms with E-state index in [4.69, 9.17) is 9.47 Å². The highest BCUT2D eigenvalue weighted by atomic mass is 35.5. The second kappa shape index (κ2) is 9.42. The second-order valence-electron chi connectivity index (χ2n) is 5.66. The summed E-state index contributed by atoms with van der Waals surface area (Å²) in [5.41, 5.74) is 1.92. The van der Waals surface area contributed by atoms with E-state index < -0.39 is 6.10 Å². The van der Waals surface area contributed by atoms with Crippen LogP contribution in [0.1, 0.15) is 17.2 Å². The number of para-hydroxylation sites is 1. The molecule has 0 aromatic heterocycles. The van der Waals surface area contributed by atoms with Crippen molar-refractivity contribution in [1.29, 1.82) is 0 Å². The van der Waals surface area contributed by atoms with Crippen molar-refractivity contribution in [2.45, 2.75) is 12.1 Å². The molecule has 1 aliphatic heterocycles. The molecule has 1 heterocycles. The Morgan fingerprint density at radius 3 is 2.60 bits per heavy atom. The summed E-state index contributed by atoms with van der Waals surface area (Å²) >= 11 is 0. The van der Waals surface area contributed by atoms with Gasteiger partial charge < -0.3 is 20.1 Å². The molecular formula is C19H23ClN2O3. The van der Waals surface area contributed by atoms with Gasteiger partial charge in [0.15, 0.2) is 0 Å². The first-order valence-corrected chi connectivity index (χ1v) is 8.10. The summed E-state index contributed by atoms with van der Waals surface area (Å²) in [6.45, 7) is 1.85. The molecule has 1 amide bonds. The van der Waals surface area contributed by atoms with E-state index in [0.29, 0.717) is 13.2 Å². The number of hydrogen-bond donors (Lipinski definition) is 2. The summed E-state index contributed by atoms with van der Waals surface area (Å²) in [6.07, 6.45) is -0.473. The predicted octanol–water partition coefficient (Wildman–Crippen LogP) is 2.31. The topological polar surface area (TPSA) is 59.6 Å². The molecule has 3 rings (SSSR count). The normalized spacial score (nSPS) is 17.9. The van der Waals surface area contributed by atoms with Crippen LogP contribution in [0.15, 0.2) is 54.6 Å². The summed E-state index contributed by atoms with van der Waals surface area (Å²) < 4.78 is 11.0. The molecule has 2 unspecified atom stereocenters. The van der Waals surface area contributed by atoms with Gasteiger partial charge in [-0.1, -0.05) is 48.5 Å². The van der Waals surface area contributed by atoms with Gasteiger partial charge >= 0.3 is 0 Å². The standard InChI is InChI=1S/C19H22N2O3.ClH/c1-23-16-10-6-5-9-15(16)18(14-7-3-2-4-8-14)21-19(22)17-13-20-11-12-24-17;/h2-10,17-18,20H,11-13H2,1H3,(H,21,22);1H. The van der Waals surface area contributed by atoms with Crippen LogP contribution in [0, 0.1) is 0 Å². The molecule has 1 aliphatic rings. The molecule has 6 heteroatoms. The smallest absolute Gasteiger partial charge is 0.251 e. The fourth-order valence-corrected chi connectivity index (χ4v) is 2.86. The molecule has 134 valence electrons. The highest BCUT2D eigenvalue weighted by Gasteiger charge is 2.26. The highest BCUT2D eigenvalue weighted by Crippen LogP contribution is 2.30. The van der Waals surface area contributed by atoms with Crippen molar-refractivity contribution in [3.63, 3.8) is 0 Å². The largest absolute Gasteiger partial charge is 0.496 e. The fourth-order valence-electron chi connectivity index (χ4n) is 2.86. The molecule has 0 saturated carbocycles. The SMILES string of the molecule is COc1ccccc1C(NC(=O)C1CNCCO1)c1ccccc1.Cl. The number of hydrogen-bond acceptors (Lipinski definition) is 4. The number of morpholine rings is 1.